The Balaban J connectivity index is 1.74. The number of nitrogens with zero attached hydrogens (tertiary/aromatic N) is 3. The van der Waals surface area contributed by atoms with E-state index in [0.717, 1.165) is 30.3 Å². The van der Waals surface area contributed by atoms with E-state index in [1.54, 1.807) is 25.7 Å². The number of amides is 1. The van der Waals surface area contributed by atoms with Gasteiger partial charge in [-0.3, -0.25) is 9.79 Å². The molecule has 0 spiro atoms. The average molecular weight is 353 g/mol. The molecule has 3 heterocycles. The molecule has 0 aromatic rings. The van der Waals surface area contributed by atoms with Crippen LogP contribution in [0.2, 0.25) is 0 Å². The number of amidine groups is 1. The number of aliphatic carboxylic acids is 1. The fourth-order valence-corrected chi connectivity index (χ4v) is 5.24. The number of carboxylic acid groups (broad SMARTS) is 1. The summed E-state index contributed by atoms with van der Waals surface area (Å²) >= 11 is 1.57. The molecule has 2 saturated heterocycles. The van der Waals surface area contributed by atoms with Gasteiger partial charge >= 0.3 is 5.97 Å². The topological polar surface area (TPSA) is 93.4 Å². The Labute approximate surface area is 145 Å². The van der Waals surface area contributed by atoms with Gasteiger partial charge in [-0.1, -0.05) is 0 Å². The summed E-state index contributed by atoms with van der Waals surface area (Å²) in [6.45, 7) is 5.32. The van der Waals surface area contributed by atoms with Crippen LogP contribution in [0.25, 0.3) is 0 Å². The third-order valence-electron chi connectivity index (χ3n) is 5.13. The zero-order valence-corrected chi connectivity index (χ0v) is 14.9. The van der Waals surface area contributed by atoms with Crippen LogP contribution in [0.4, 0.5) is 0 Å². The average Bonchev–Trinajstić information content (AvgIpc) is 3.09. The summed E-state index contributed by atoms with van der Waals surface area (Å²) in [5, 5.41) is 19.6. The van der Waals surface area contributed by atoms with E-state index in [4.69, 9.17) is 0 Å². The van der Waals surface area contributed by atoms with Gasteiger partial charge in [0, 0.05) is 36.7 Å². The smallest absolute Gasteiger partial charge is 0.353 e. The monoisotopic (exact) mass is 353 g/mol. The van der Waals surface area contributed by atoms with Gasteiger partial charge in [0.1, 0.15) is 5.70 Å². The molecule has 4 atom stereocenters. The third kappa shape index (κ3) is 2.71. The number of β-lactam (4-membered cyclic amide) rings is 1. The molecule has 3 rings (SSSR count). The molecule has 7 nitrogen and oxygen atoms in total. The predicted molar refractivity (Wildman–Crippen MR) is 91.7 cm³/mol. The number of aliphatic hydroxyl groups is 1. The molecule has 0 unspecified atom stereocenters. The van der Waals surface area contributed by atoms with Gasteiger partial charge in [-0.15, -0.1) is 11.8 Å². The molecule has 24 heavy (non-hydrogen) atoms. The highest BCUT2D eigenvalue weighted by Gasteiger charge is 2.57. The Hall–Kier alpha value is -1.54. The van der Waals surface area contributed by atoms with E-state index < -0.39 is 18.0 Å². The van der Waals surface area contributed by atoms with Crippen LogP contribution in [0.15, 0.2) is 15.6 Å². The van der Waals surface area contributed by atoms with Crippen LogP contribution >= 0.6 is 11.8 Å². The summed E-state index contributed by atoms with van der Waals surface area (Å²) in [6, 6.07) is -0.206. The fourth-order valence-electron chi connectivity index (χ4n) is 3.80. The van der Waals surface area contributed by atoms with Crippen molar-refractivity contribution in [3.8, 4) is 0 Å². The minimum Gasteiger partial charge on any atom is -0.477 e. The minimum absolute atomic E-state index is 0.117. The van der Waals surface area contributed by atoms with Crippen LogP contribution < -0.4 is 0 Å². The summed E-state index contributed by atoms with van der Waals surface area (Å²) < 4.78 is 0. The SMILES string of the molecule is C/N=C(\C)N1CC[C@H](SC2=C(C(=O)O)N3C(=O)[C@H]([C@@H](C)O)[C@H]3C2)C1. The lowest BCUT2D eigenvalue weighted by Gasteiger charge is -2.44. The third-order valence-corrected chi connectivity index (χ3v) is 6.49. The highest BCUT2D eigenvalue weighted by atomic mass is 32.2. The number of carbonyl (C=O) groups is 2. The molecule has 0 bridgehead atoms. The molecular formula is C16H23N3O4S. The lowest BCUT2D eigenvalue weighted by atomic mass is 9.83. The summed E-state index contributed by atoms with van der Waals surface area (Å²) in [6.07, 6.45) is 0.751. The standard InChI is InChI=1S/C16H23N3O4S/c1-8(20)13-11-6-12(14(16(22)23)19(11)15(13)21)24-10-4-5-18(7-10)9(2)17-3/h8,10-11,13,20H,4-7H2,1-3H3,(H,22,23)/b17-9+/t8-,10+,11-,13-/m1/s1. The molecule has 0 aromatic heterocycles. The zero-order chi connectivity index (χ0) is 17.6. The van der Waals surface area contributed by atoms with Crippen molar-refractivity contribution in [3.63, 3.8) is 0 Å². The van der Waals surface area contributed by atoms with Crippen molar-refractivity contribution in [1.29, 1.82) is 0 Å². The van der Waals surface area contributed by atoms with E-state index in [2.05, 4.69) is 9.89 Å². The van der Waals surface area contributed by atoms with Crippen LogP contribution in [0, 0.1) is 5.92 Å². The van der Waals surface area contributed by atoms with Crippen molar-refractivity contribution < 1.29 is 19.8 Å². The van der Waals surface area contributed by atoms with Gasteiger partial charge in [0.05, 0.1) is 23.9 Å². The summed E-state index contributed by atoms with van der Waals surface area (Å²) in [4.78, 5) is 32.4. The van der Waals surface area contributed by atoms with Crippen molar-refractivity contribution >= 4 is 29.5 Å². The molecule has 3 aliphatic rings. The van der Waals surface area contributed by atoms with Crippen molar-refractivity contribution in [2.75, 3.05) is 20.1 Å². The number of carboxylic acids is 1. The first-order chi connectivity index (χ1) is 11.3. The second-order valence-electron chi connectivity index (χ2n) is 6.57. The number of fused-ring (bicyclic) bond motifs is 1. The molecular weight excluding hydrogens is 330 g/mol. The number of aliphatic imine (C=N–C) groups is 1. The quantitative estimate of drug-likeness (QED) is 0.440. The highest BCUT2D eigenvalue weighted by molar-refractivity contribution is 8.03. The summed E-state index contributed by atoms with van der Waals surface area (Å²) in [7, 11) is 1.77. The molecule has 8 heteroatoms. The summed E-state index contributed by atoms with van der Waals surface area (Å²) in [5.74, 6) is -0.819. The van der Waals surface area contributed by atoms with E-state index in [1.807, 2.05) is 6.92 Å². The number of aliphatic hydroxyl groups excluding tert-OH is 1. The van der Waals surface area contributed by atoms with Crippen LogP contribution in [0.5, 0.6) is 0 Å². The van der Waals surface area contributed by atoms with E-state index in [0.29, 0.717) is 11.7 Å². The van der Waals surface area contributed by atoms with Crippen LogP contribution in [-0.2, 0) is 9.59 Å². The number of likely N-dealkylation sites (tertiary alicyclic amines) is 1. The van der Waals surface area contributed by atoms with Gasteiger partial charge in [-0.25, -0.2) is 4.79 Å². The van der Waals surface area contributed by atoms with Gasteiger partial charge in [-0.05, 0) is 20.3 Å². The number of hydrogen-bond donors (Lipinski definition) is 2. The van der Waals surface area contributed by atoms with Crippen molar-refractivity contribution in [2.45, 2.75) is 44.1 Å². The Morgan fingerprint density at radius 3 is 2.75 bits per heavy atom. The molecule has 0 aromatic carbocycles. The first kappa shape index (κ1) is 17.3. The Bertz CT molecular complexity index is 631. The number of carbonyl (C=O) groups excluding carboxylic acids is 1. The molecule has 3 aliphatic heterocycles. The normalized spacial score (nSPS) is 31.4. The van der Waals surface area contributed by atoms with Crippen LogP contribution in [0.1, 0.15) is 26.7 Å². The minimum atomic E-state index is -1.06. The molecule has 0 radical (unpaired) electrons. The second-order valence-corrected chi connectivity index (χ2v) is 7.96. The maximum absolute atomic E-state index is 12.2. The van der Waals surface area contributed by atoms with Gasteiger partial charge in [-0.2, -0.15) is 0 Å². The molecule has 2 N–H and O–H groups in total. The molecule has 2 fully saturated rings. The first-order valence-electron chi connectivity index (χ1n) is 8.17. The Morgan fingerprint density at radius 2 is 2.17 bits per heavy atom. The van der Waals surface area contributed by atoms with Crippen LogP contribution in [0.3, 0.4) is 0 Å². The molecule has 0 saturated carbocycles. The maximum atomic E-state index is 12.2. The Kier molecular flexibility index (Phi) is 4.61. The second kappa shape index (κ2) is 6.40. The molecule has 132 valence electrons. The highest BCUT2D eigenvalue weighted by Crippen LogP contribution is 2.48. The van der Waals surface area contributed by atoms with Crippen molar-refractivity contribution in [3.05, 3.63) is 10.6 Å². The fraction of sp³-hybridized carbons (Fsp3) is 0.688. The van der Waals surface area contributed by atoms with Crippen molar-refractivity contribution in [1.82, 2.24) is 9.80 Å². The lowest BCUT2D eigenvalue weighted by Crippen LogP contribution is -2.61. The van der Waals surface area contributed by atoms with Crippen molar-refractivity contribution in [2.24, 2.45) is 10.9 Å². The molecule has 1 amide bonds. The van der Waals surface area contributed by atoms with E-state index in [9.17, 15) is 19.8 Å². The zero-order valence-electron chi connectivity index (χ0n) is 14.1. The largest absolute Gasteiger partial charge is 0.477 e. The first-order valence-corrected chi connectivity index (χ1v) is 9.05. The van der Waals surface area contributed by atoms with E-state index >= 15 is 0 Å². The number of hydrogen-bond acceptors (Lipinski definition) is 5. The van der Waals surface area contributed by atoms with Gasteiger partial charge in [0.2, 0.25) is 5.91 Å². The number of rotatable bonds is 4. The van der Waals surface area contributed by atoms with Crippen LogP contribution in [-0.4, -0.2) is 75.3 Å². The predicted octanol–water partition coefficient (Wildman–Crippen LogP) is 0.750. The molecule has 0 aliphatic carbocycles. The van der Waals surface area contributed by atoms with Gasteiger partial charge in [0.25, 0.3) is 0 Å². The maximum Gasteiger partial charge on any atom is 0.353 e. The van der Waals surface area contributed by atoms with E-state index in [1.165, 1.54) is 4.90 Å². The lowest BCUT2D eigenvalue weighted by molar-refractivity contribution is -0.161. The van der Waals surface area contributed by atoms with Gasteiger partial charge < -0.3 is 20.0 Å². The number of thioether (sulfide) groups is 1. The van der Waals surface area contributed by atoms with E-state index in [-0.39, 0.29) is 17.6 Å². The summed E-state index contributed by atoms with van der Waals surface area (Å²) in [5.41, 5.74) is 0.117. The van der Waals surface area contributed by atoms with Gasteiger partial charge in [0.15, 0.2) is 0 Å². The Morgan fingerprint density at radius 1 is 1.46 bits per heavy atom.